The van der Waals surface area contributed by atoms with Gasteiger partial charge < -0.3 is 47.9 Å². The molecule has 0 radical (unpaired) electrons. The molecule has 46 heteroatoms. The van der Waals surface area contributed by atoms with Gasteiger partial charge in [-0.05, 0) is 105 Å². The van der Waals surface area contributed by atoms with Crippen LogP contribution in [0, 0.1) is 310 Å². The van der Waals surface area contributed by atoms with Crippen molar-refractivity contribution >= 4 is 0 Å². The van der Waals surface area contributed by atoms with E-state index >= 15 is 0 Å². The largest absolute Gasteiger partial charge is 0.472 e. The Hall–Kier alpha value is 1.36. The van der Waals surface area contributed by atoms with Crippen molar-refractivity contribution in [2.45, 2.75) is 64.2 Å². The monoisotopic (exact) mass is 1970 g/mol. The summed E-state index contributed by atoms with van der Waals surface area (Å²) in [6.07, 6.45) is 29.6. The Balaban J connectivity index is -0.0000000629. The second-order valence-electron chi connectivity index (χ2n) is 15.7. The van der Waals surface area contributed by atoms with Crippen LogP contribution < -0.4 is 0 Å². The first-order chi connectivity index (χ1) is 33.6. The maximum Gasteiger partial charge on any atom is 0.472 e. The normalized spacial score (nSPS) is 17.3. The van der Waals surface area contributed by atoms with Crippen molar-refractivity contribution in [1.29, 1.82) is 0 Å². The van der Waals surface area contributed by atoms with Crippen LogP contribution in [0.3, 0.4) is 0 Å². The molecule has 6 aliphatic rings. The molecular formula is C36H82Ce6N12O28+6. The molecule has 0 unspecified atom stereocenters. The van der Waals surface area contributed by atoms with Crippen LogP contribution in [0.2, 0.25) is 0 Å². The molecule has 26 N–H and O–H groups in total. The van der Waals surface area contributed by atoms with E-state index in [1.54, 1.807) is 6.20 Å². The van der Waals surface area contributed by atoms with E-state index in [2.05, 4.69) is 36.5 Å². The second kappa shape index (κ2) is 74.8. The quantitative estimate of drug-likeness (QED) is 0.115. The Morgan fingerprint density at radius 3 is 0.634 bits per heavy atom. The number of nitrogens with zero attached hydrogens (tertiary/aromatic N) is 12. The number of hydrogen-bond donors (Lipinski definition) is 18. The number of hydrogen-bond acceptors (Lipinski definition) is 18. The Kier molecular flexibility index (Phi) is 104. The molecule has 0 bridgehead atoms. The fourth-order valence-corrected chi connectivity index (χ4v) is 6.89. The van der Waals surface area contributed by atoms with Gasteiger partial charge in [-0.25, -0.2) is 62.5 Å². The van der Waals surface area contributed by atoms with Gasteiger partial charge in [0.05, 0.1) is 6.54 Å². The summed E-state index contributed by atoms with van der Waals surface area (Å²) in [6.45, 7) is 8.43. The fraction of sp³-hybridized carbons (Fsp3) is 0.722. The molecule has 6 heterocycles. The van der Waals surface area contributed by atoms with E-state index in [0.29, 0.717) is 36.1 Å². The Morgan fingerprint density at radius 2 is 0.488 bits per heavy atom. The molecule has 0 atom stereocenters. The molecule has 472 valence electrons. The van der Waals surface area contributed by atoms with Gasteiger partial charge in [0.15, 0.2) is 0 Å². The minimum absolute atomic E-state index is 0. The van der Waals surface area contributed by atoms with Crippen molar-refractivity contribution in [3.8, 4) is 0 Å². The van der Waals surface area contributed by atoms with Crippen LogP contribution in [-0.2, 0) is 0 Å². The molecule has 0 aromatic rings. The zero-order valence-electron chi connectivity index (χ0n) is 44.3. The van der Waals surface area contributed by atoms with Crippen molar-refractivity contribution in [3.63, 3.8) is 0 Å². The number of rotatable bonds is 6. The predicted octanol–water partition coefficient (Wildman–Crippen LogP) is -0.758. The summed E-state index contributed by atoms with van der Waals surface area (Å²) in [5, 5.41) is 139. The van der Waals surface area contributed by atoms with Gasteiger partial charge in [-0.15, -0.1) is 0 Å². The molecule has 0 spiro atoms. The molecule has 5 saturated heterocycles. The van der Waals surface area contributed by atoms with Crippen LogP contribution in [0.4, 0.5) is 0 Å². The molecule has 6 rings (SSSR count). The molecule has 5 fully saturated rings. The summed E-state index contributed by atoms with van der Waals surface area (Å²) in [5.41, 5.74) is 1.14. The van der Waals surface area contributed by atoms with Gasteiger partial charge in [0.1, 0.15) is 29.4 Å². The summed E-state index contributed by atoms with van der Waals surface area (Å²) in [4.78, 5) is 50.8. The van der Waals surface area contributed by atoms with Crippen LogP contribution in [0.15, 0.2) is 60.4 Å². The third kappa shape index (κ3) is 90.1. The second-order valence-corrected chi connectivity index (χ2v) is 15.7. The molecule has 6 aliphatic heterocycles. The average Bonchev–Trinajstić information content (AvgIpc) is 3.27. The number of hydroxylamine groups is 12. The van der Waals surface area contributed by atoms with Gasteiger partial charge in [0.25, 0.3) is 0 Å². The van der Waals surface area contributed by atoms with Crippen LogP contribution in [0.1, 0.15) is 64.2 Å². The number of piperidine rings is 5. The zero-order chi connectivity index (χ0) is 55.6. The molecule has 0 aliphatic carbocycles. The van der Waals surface area contributed by atoms with Gasteiger partial charge in [-0.2, -0.15) is 25.3 Å². The minimum atomic E-state index is -1.25. The summed E-state index contributed by atoms with van der Waals surface area (Å²) in [7, 11) is 0. The van der Waals surface area contributed by atoms with Crippen molar-refractivity contribution in [3.05, 3.63) is 89.8 Å². The van der Waals surface area contributed by atoms with Crippen LogP contribution in [0.5, 0.6) is 0 Å². The Morgan fingerprint density at radius 1 is 0.329 bits per heavy atom. The summed E-state index contributed by atoms with van der Waals surface area (Å²) in [5.74, 6) is 3.10. The van der Waals surface area contributed by atoms with Crippen LogP contribution in [0.25, 0.3) is 0 Å². The maximum atomic E-state index is 9.25. The summed E-state index contributed by atoms with van der Waals surface area (Å²) in [6, 6.07) is 0. The topological polar surface area (TPSA) is 630 Å². The molecule has 0 aromatic heterocycles. The van der Waals surface area contributed by atoms with Crippen LogP contribution >= 0.6 is 0 Å². The van der Waals surface area contributed by atoms with E-state index in [0.717, 1.165) is 140 Å². The summed E-state index contributed by atoms with van der Waals surface area (Å²) >= 11 is 0. The molecule has 40 nitrogen and oxygen atoms in total. The number of allylic oxidation sites excluding steroid dienone is 8. The third-order valence-corrected chi connectivity index (χ3v) is 10.4. The fourth-order valence-electron chi connectivity index (χ4n) is 6.89. The first-order valence-corrected chi connectivity index (χ1v) is 21.8. The molecule has 0 aromatic carbocycles. The average molecular weight is 1970 g/mol. The molecule has 82 heavy (non-hydrogen) atoms. The van der Waals surface area contributed by atoms with Gasteiger partial charge in [-0.3, -0.25) is 10.3 Å². The molecule has 0 saturated carbocycles. The van der Waals surface area contributed by atoms with Gasteiger partial charge in [0, 0.05) is 322 Å². The van der Waals surface area contributed by atoms with E-state index in [1.807, 2.05) is 12.2 Å². The van der Waals surface area contributed by atoms with E-state index in [1.165, 1.54) is 25.3 Å². The zero-order valence-corrected chi connectivity index (χ0v) is 63.1. The van der Waals surface area contributed by atoms with E-state index in [-0.39, 0.29) is 272 Å². The maximum absolute atomic E-state index is 9.25. The summed E-state index contributed by atoms with van der Waals surface area (Å²) < 4.78 is 0. The molecule has 0 amide bonds. The first-order valence-electron chi connectivity index (χ1n) is 21.8. The van der Waals surface area contributed by atoms with E-state index in [9.17, 15) is 26.0 Å². The van der Waals surface area contributed by atoms with Crippen molar-refractivity contribution in [2.75, 3.05) is 72.0 Å². The van der Waals surface area contributed by atoms with Crippen LogP contribution in [-0.4, -0.2) is 249 Å². The third-order valence-electron chi connectivity index (χ3n) is 10.4. The van der Waals surface area contributed by atoms with E-state index < -0.39 is 30.5 Å². The van der Waals surface area contributed by atoms with Gasteiger partial charge in [0.2, 0.25) is 0 Å². The van der Waals surface area contributed by atoms with Gasteiger partial charge >= 0.3 is 30.5 Å². The van der Waals surface area contributed by atoms with Crippen molar-refractivity contribution < 1.29 is 397 Å². The molecular weight excluding hydrogens is 1890 g/mol. The standard InChI is InChI=1S/2C12H22N2O2.C12H18N2O2.6Ce.6H2NO3.4H2O/c3*15-13-7-3-11(4-8-13)1-2-12-5-9-14(16)10-6-12;;;;;;;6*2-1(3)4;;;;/h2*1-2,11-12,15-16H,3-10H2;1-4,7,12,15-16H,5-6,8-10H2;;;;;;;6*(H2,2,3,4);4*1H2/q;;;;;;;;;6*+1;;;;. The smallest absolute Gasteiger partial charge is 0.412 e. The van der Waals surface area contributed by atoms with Gasteiger partial charge in [-0.1, -0.05) is 42.5 Å². The minimum Gasteiger partial charge on any atom is -0.412 e. The Labute approximate surface area is 671 Å². The predicted molar refractivity (Wildman–Crippen MR) is 241 cm³/mol. The van der Waals surface area contributed by atoms with Crippen molar-refractivity contribution in [2.24, 2.45) is 29.6 Å². The Bertz CT molecular complexity index is 1470. The SMILES string of the molecule is O.O.O.O.O=[N+](O)O.O=[N+](O)O.O=[N+](O)O.O=[N+](O)O.O=[N+](O)O.O=[N+](O)O.ON1C=CC(C=CC2CCN(O)CC2)=CC1.ON1CCC(C=CC2CCN(O)CC2)CC1.ON1CCC(C=CC2CCN(O)CC2)CC1.[Ce].[Ce].[Ce].[Ce].[Ce].[Ce]. The van der Waals surface area contributed by atoms with E-state index in [4.69, 9.17) is 97.1 Å². The van der Waals surface area contributed by atoms with Crippen molar-refractivity contribution in [1.82, 2.24) is 30.4 Å². The first kappa shape index (κ1) is 114.